The third-order valence-electron chi connectivity index (χ3n) is 3.31. The predicted octanol–water partition coefficient (Wildman–Crippen LogP) is 0.935. The van der Waals surface area contributed by atoms with E-state index in [-0.39, 0.29) is 29.1 Å². The van der Waals surface area contributed by atoms with Crippen molar-refractivity contribution in [1.82, 2.24) is 5.32 Å². The van der Waals surface area contributed by atoms with Gasteiger partial charge in [0.25, 0.3) is 11.1 Å². The van der Waals surface area contributed by atoms with Gasteiger partial charge in [-0.15, -0.1) is 0 Å². The number of rotatable bonds is 2. The molecule has 110 valence electrons. The molecule has 0 aromatic heterocycles. The highest BCUT2D eigenvalue weighted by Gasteiger charge is 2.35. The number of anilines is 1. The molecule has 8 heteroatoms. The van der Waals surface area contributed by atoms with Crippen LogP contribution in [0.3, 0.4) is 0 Å². The molecular formula is C13H12N2O5S. The van der Waals surface area contributed by atoms with Crippen LogP contribution in [-0.4, -0.2) is 47.2 Å². The number of amides is 2. The molecule has 1 fully saturated rings. The Labute approximate surface area is 124 Å². The summed E-state index contributed by atoms with van der Waals surface area (Å²) in [5, 5.41) is 11.5. The molecule has 2 aliphatic heterocycles. The Hall–Kier alpha value is -2.22. The Bertz CT molecular complexity index is 633. The first-order chi connectivity index (χ1) is 10.1. The normalized spacial score (nSPS) is 20.5. The monoisotopic (exact) mass is 308 g/mol. The van der Waals surface area contributed by atoms with Crippen molar-refractivity contribution in [3.05, 3.63) is 23.8 Å². The summed E-state index contributed by atoms with van der Waals surface area (Å²) in [6.07, 6.45) is 0. The molecule has 0 saturated carbocycles. The van der Waals surface area contributed by atoms with Gasteiger partial charge in [0.1, 0.15) is 18.2 Å². The summed E-state index contributed by atoms with van der Waals surface area (Å²) in [4.78, 5) is 36.4. The smallest absolute Gasteiger partial charge is 0.339 e. The molecule has 1 atom stereocenters. The maximum atomic E-state index is 12.5. The molecule has 1 aromatic carbocycles. The van der Waals surface area contributed by atoms with Gasteiger partial charge in [0.05, 0.1) is 12.2 Å². The van der Waals surface area contributed by atoms with E-state index >= 15 is 0 Å². The maximum Gasteiger partial charge on any atom is 0.339 e. The van der Waals surface area contributed by atoms with E-state index in [2.05, 4.69) is 5.32 Å². The van der Waals surface area contributed by atoms with E-state index in [1.54, 1.807) is 12.1 Å². The second-order valence-corrected chi connectivity index (χ2v) is 5.59. The molecule has 2 aliphatic rings. The van der Waals surface area contributed by atoms with Crippen molar-refractivity contribution >= 4 is 34.6 Å². The zero-order chi connectivity index (χ0) is 15.0. The fraction of sp³-hybridized carbons (Fsp3) is 0.308. The summed E-state index contributed by atoms with van der Waals surface area (Å²) in [7, 11) is 0. The van der Waals surface area contributed by atoms with Crippen LogP contribution in [0.15, 0.2) is 18.2 Å². The Morgan fingerprint density at radius 3 is 2.90 bits per heavy atom. The van der Waals surface area contributed by atoms with E-state index < -0.39 is 12.0 Å². The molecule has 0 aliphatic carbocycles. The molecule has 0 radical (unpaired) electrons. The molecule has 1 aromatic rings. The van der Waals surface area contributed by atoms with Crippen molar-refractivity contribution in [2.45, 2.75) is 6.04 Å². The topological polar surface area (TPSA) is 95.9 Å². The van der Waals surface area contributed by atoms with Crippen LogP contribution < -0.4 is 15.0 Å². The van der Waals surface area contributed by atoms with E-state index in [1.165, 1.54) is 11.0 Å². The van der Waals surface area contributed by atoms with Gasteiger partial charge in [0.15, 0.2) is 5.75 Å². The number of carboxylic acid groups (broad SMARTS) is 1. The number of fused-ring (bicyclic) bond motifs is 1. The number of para-hydroxylation sites is 1. The lowest BCUT2D eigenvalue weighted by Crippen LogP contribution is -2.48. The quantitative estimate of drug-likeness (QED) is 0.844. The second kappa shape index (κ2) is 5.28. The molecule has 0 spiro atoms. The average Bonchev–Trinajstić information content (AvgIpc) is 2.91. The van der Waals surface area contributed by atoms with Crippen molar-refractivity contribution in [3.63, 3.8) is 0 Å². The highest BCUT2D eigenvalue weighted by Crippen LogP contribution is 2.35. The maximum absolute atomic E-state index is 12.5. The Kier molecular flexibility index (Phi) is 3.46. The van der Waals surface area contributed by atoms with Crippen LogP contribution in [0, 0.1) is 0 Å². The first kappa shape index (κ1) is 13.7. The summed E-state index contributed by atoms with van der Waals surface area (Å²) in [6.45, 7) is 0.544. The van der Waals surface area contributed by atoms with Crippen LogP contribution in [0.4, 0.5) is 10.5 Å². The summed E-state index contributed by atoms with van der Waals surface area (Å²) < 4.78 is 5.41. The number of carbonyl (C=O) groups excluding carboxylic acids is 2. The third-order valence-corrected chi connectivity index (χ3v) is 4.19. The molecule has 21 heavy (non-hydrogen) atoms. The predicted molar refractivity (Wildman–Crippen MR) is 76.0 cm³/mol. The van der Waals surface area contributed by atoms with Gasteiger partial charge in [-0.2, -0.15) is 0 Å². The summed E-state index contributed by atoms with van der Waals surface area (Å²) in [5.41, 5.74) is 0.451. The van der Waals surface area contributed by atoms with E-state index in [9.17, 15) is 14.4 Å². The first-order valence-corrected chi connectivity index (χ1v) is 7.30. The minimum absolute atomic E-state index is 0.0230. The SMILES string of the molecule is O=C1NC(C(=O)N2CCOc3c(C(=O)O)cccc32)CS1. The van der Waals surface area contributed by atoms with Crippen molar-refractivity contribution in [3.8, 4) is 5.75 Å². The van der Waals surface area contributed by atoms with E-state index in [0.717, 1.165) is 11.8 Å². The molecule has 1 unspecified atom stereocenters. The fourth-order valence-electron chi connectivity index (χ4n) is 2.35. The minimum atomic E-state index is -1.11. The van der Waals surface area contributed by atoms with Gasteiger partial charge in [0, 0.05) is 5.75 Å². The van der Waals surface area contributed by atoms with Gasteiger partial charge in [-0.25, -0.2) is 4.79 Å². The van der Waals surface area contributed by atoms with Crippen LogP contribution >= 0.6 is 11.8 Å². The minimum Gasteiger partial charge on any atom is -0.489 e. The largest absolute Gasteiger partial charge is 0.489 e. The molecule has 1 saturated heterocycles. The lowest BCUT2D eigenvalue weighted by Gasteiger charge is -2.31. The van der Waals surface area contributed by atoms with Crippen molar-refractivity contribution in [2.24, 2.45) is 0 Å². The van der Waals surface area contributed by atoms with Gasteiger partial charge in [-0.1, -0.05) is 17.8 Å². The van der Waals surface area contributed by atoms with Crippen molar-refractivity contribution in [2.75, 3.05) is 23.8 Å². The first-order valence-electron chi connectivity index (χ1n) is 6.31. The zero-order valence-electron chi connectivity index (χ0n) is 10.9. The van der Waals surface area contributed by atoms with Crippen molar-refractivity contribution < 1.29 is 24.2 Å². The molecule has 2 amide bonds. The highest BCUT2D eigenvalue weighted by atomic mass is 32.2. The van der Waals surface area contributed by atoms with Crippen molar-refractivity contribution in [1.29, 1.82) is 0 Å². The van der Waals surface area contributed by atoms with Gasteiger partial charge in [0.2, 0.25) is 0 Å². The van der Waals surface area contributed by atoms with Gasteiger partial charge >= 0.3 is 5.97 Å². The molecule has 2 N–H and O–H groups in total. The number of carboxylic acids is 1. The number of hydrogen-bond acceptors (Lipinski definition) is 5. The van der Waals surface area contributed by atoms with E-state index in [4.69, 9.17) is 9.84 Å². The standard InChI is InChI=1S/C13H12N2O5S/c16-11(8-6-21-13(19)14-8)15-4-5-20-10-7(12(17)18)2-1-3-9(10)15/h1-3,8H,4-6H2,(H,14,19)(H,17,18). The van der Waals surface area contributed by atoms with Crippen LogP contribution in [0.2, 0.25) is 0 Å². The number of aromatic carboxylic acids is 1. The number of benzene rings is 1. The van der Waals surface area contributed by atoms with Gasteiger partial charge in [-0.3, -0.25) is 9.59 Å². The number of nitrogens with zero attached hydrogens (tertiary/aromatic N) is 1. The van der Waals surface area contributed by atoms with Crippen LogP contribution in [-0.2, 0) is 4.79 Å². The van der Waals surface area contributed by atoms with Gasteiger partial charge in [-0.05, 0) is 12.1 Å². The number of carbonyl (C=O) groups is 3. The number of thioether (sulfide) groups is 1. The molecule has 0 bridgehead atoms. The number of nitrogens with one attached hydrogen (secondary N) is 1. The number of hydrogen-bond donors (Lipinski definition) is 2. The zero-order valence-corrected chi connectivity index (χ0v) is 11.7. The van der Waals surface area contributed by atoms with E-state index in [0.29, 0.717) is 18.0 Å². The molecule has 2 heterocycles. The number of ether oxygens (including phenoxy) is 1. The summed E-state index contributed by atoms with van der Waals surface area (Å²) in [6, 6.07) is 4.06. The Morgan fingerprint density at radius 1 is 1.43 bits per heavy atom. The highest BCUT2D eigenvalue weighted by molar-refractivity contribution is 8.14. The summed E-state index contributed by atoms with van der Waals surface area (Å²) in [5.74, 6) is -0.781. The lowest BCUT2D eigenvalue weighted by atomic mass is 10.1. The molecule has 3 rings (SSSR count). The van der Waals surface area contributed by atoms with Crippen LogP contribution in [0.25, 0.3) is 0 Å². The van der Waals surface area contributed by atoms with Crippen LogP contribution in [0.5, 0.6) is 5.75 Å². The Morgan fingerprint density at radius 2 is 2.24 bits per heavy atom. The average molecular weight is 308 g/mol. The fourth-order valence-corrected chi connectivity index (χ4v) is 3.12. The lowest BCUT2D eigenvalue weighted by molar-refractivity contribution is -0.120. The second-order valence-electron chi connectivity index (χ2n) is 4.59. The van der Waals surface area contributed by atoms with Crippen LogP contribution in [0.1, 0.15) is 10.4 Å². The summed E-state index contributed by atoms with van der Waals surface area (Å²) >= 11 is 1.06. The molecular weight excluding hydrogens is 296 g/mol. The molecule has 7 nitrogen and oxygen atoms in total. The Balaban J connectivity index is 1.94. The van der Waals surface area contributed by atoms with Gasteiger partial charge < -0.3 is 20.1 Å². The van der Waals surface area contributed by atoms with E-state index in [1.807, 2.05) is 0 Å². The third kappa shape index (κ3) is 2.42.